The molecular formula is C17H19NO3. The first-order chi connectivity index (χ1) is 10.2. The molecule has 0 aliphatic heterocycles. The number of rotatable bonds is 7. The molecule has 0 amide bonds. The summed E-state index contributed by atoms with van der Waals surface area (Å²) in [6, 6.07) is 14.3. The van der Waals surface area contributed by atoms with Crippen molar-refractivity contribution in [3.05, 3.63) is 58.6 Å². The lowest BCUT2D eigenvalue weighted by Gasteiger charge is -2.11. The maximum Gasteiger partial charge on any atom is 0.270 e. The number of ether oxygens (including phenoxy) is 1. The number of nitro benzene ring substituents is 1. The van der Waals surface area contributed by atoms with E-state index < -0.39 is 0 Å². The monoisotopic (exact) mass is 285 g/mol. The fourth-order valence-electron chi connectivity index (χ4n) is 2.13. The highest BCUT2D eigenvalue weighted by Gasteiger charge is 2.13. The minimum atomic E-state index is -0.382. The summed E-state index contributed by atoms with van der Waals surface area (Å²) in [6.45, 7) is 2.77. The van der Waals surface area contributed by atoms with E-state index in [1.165, 1.54) is 6.07 Å². The smallest absolute Gasteiger partial charge is 0.270 e. The predicted molar refractivity (Wildman–Crippen MR) is 83.6 cm³/mol. The number of hydrogen-bond acceptors (Lipinski definition) is 3. The topological polar surface area (TPSA) is 52.4 Å². The maximum absolute atomic E-state index is 11.0. The van der Waals surface area contributed by atoms with Crippen molar-refractivity contribution in [3.63, 3.8) is 0 Å². The second-order valence-corrected chi connectivity index (χ2v) is 4.86. The molecule has 0 fully saturated rings. The Morgan fingerprint density at radius 2 is 1.86 bits per heavy atom. The fraction of sp³-hybridized carbons (Fsp3) is 0.294. The van der Waals surface area contributed by atoms with Crippen LogP contribution in [0.3, 0.4) is 0 Å². The van der Waals surface area contributed by atoms with Crippen molar-refractivity contribution in [2.24, 2.45) is 0 Å². The molecule has 2 aromatic carbocycles. The van der Waals surface area contributed by atoms with Crippen molar-refractivity contribution in [1.82, 2.24) is 0 Å². The zero-order valence-corrected chi connectivity index (χ0v) is 12.1. The summed E-state index contributed by atoms with van der Waals surface area (Å²) in [7, 11) is 0. The van der Waals surface area contributed by atoms with Gasteiger partial charge in [0.05, 0.1) is 11.5 Å². The Morgan fingerprint density at radius 3 is 2.52 bits per heavy atom. The Labute approximate surface area is 124 Å². The lowest BCUT2D eigenvalue weighted by Crippen LogP contribution is -1.99. The molecule has 0 N–H and O–H groups in total. The highest BCUT2D eigenvalue weighted by molar-refractivity contribution is 5.72. The van der Waals surface area contributed by atoms with E-state index in [2.05, 4.69) is 6.92 Å². The van der Waals surface area contributed by atoms with Gasteiger partial charge < -0.3 is 4.74 Å². The van der Waals surface area contributed by atoms with Crippen molar-refractivity contribution in [2.75, 3.05) is 6.61 Å². The third-order valence-electron chi connectivity index (χ3n) is 3.26. The fourth-order valence-corrected chi connectivity index (χ4v) is 2.13. The Balaban J connectivity index is 2.28. The summed E-state index contributed by atoms with van der Waals surface area (Å²) < 4.78 is 5.81. The molecule has 110 valence electrons. The molecule has 0 saturated heterocycles. The average molecular weight is 285 g/mol. The van der Waals surface area contributed by atoms with Crippen LogP contribution in [0.15, 0.2) is 48.5 Å². The zero-order valence-electron chi connectivity index (χ0n) is 12.1. The SMILES string of the molecule is CCCCCOc1ccc([N+](=O)[O-])cc1-c1ccccc1. The third-order valence-corrected chi connectivity index (χ3v) is 3.26. The Morgan fingerprint density at radius 1 is 1.10 bits per heavy atom. The van der Waals surface area contributed by atoms with E-state index in [4.69, 9.17) is 4.74 Å². The van der Waals surface area contributed by atoms with Crippen LogP contribution in [0, 0.1) is 10.1 Å². The van der Waals surface area contributed by atoms with Gasteiger partial charge in [0.2, 0.25) is 0 Å². The van der Waals surface area contributed by atoms with Crippen LogP contribution in [-0.2, 0) is 0 Å². The summed E-state index contributed by atoms with van der Waals surface area (Å²) in [4.78, 5) is 10.6. The average Bonchev–Trinajstić information content (AvgIpc) is 2.52. The number of nitro groups is 1. The molecule has 0 bridgehead atoms. The second kappa shape index (κ2) is 7.43. The summed E-state index contributed by atoms with van der Waals surface area (Å²) >= 11 is 0. The molecule has 4 nitrogen and oxygen atoms in total. The Kier molecular flexibility index (Phi) is 5.32. The number of benzene rings is 2. The molecule has 2 rings (SSSR count). The van der Waals surface area contributed by atoms with Crippen LogP contribution in [0.2, 0.25) is 0 Å². The quantitative estimate of drug-likeness (QED) is 0.416. The molecular weight excluding hydrogens is 266 g/mol. The lowest BCUT2D eigenvalue weighted by molar-refractivity contribution is -0.384. The predicted octanol–water partition coefficient (Wildman–Crippen LogP) is 4.83. The van der Waals surface area contributed by atoms with Crippen LogP contribution < -0.4 is 4.74 Å². The van der Waals surface area contributed by atoms with E-state index in [1.54, 1.807) is 12.1 Å². The first-order valence-corrected chi connectivity index (χ1v) is 7.19. The van der Waals surface area contributed by atoms with Crippen LogP contribution >= 0.6 is 0 Å². The molecule has 0 saturated carbocycles. The van der Waals surface area contributed by atoms with Crippen LogP contribution in [0.25, 0.3) is 11.1 Å². The third kappa shape index (κ3) is 4.05. The van der Waals surface area contributed by atoms with Crippen molar-refractivity contribution in [3.8, 4) is 16.9 Å². The second-order valence-electron chi connectivity index (χ2n) is 4.86. The van der Waals surface area contributed by atoms with E-state index in [1.807, 2.05) is 30.3 Å². The first kappa shape index (κ1) is 15.0. The van der Waals surface area contributed by atoms with Gasteiger partial charge in [-0.25, -0.2) is 0 Å². The van der Waals surface area contributed by atoms with Gasteiger partial charge in [-0.1, -0.05) is 50.1 Å². The lowest BCUT2D eigenvalue weighted by atomic mass is 10.0. The van der Waals surface area contributed by atoms with Gasteiger partial charge in [0, 0.05) is 17.7 Å². The van der Waals surface area contributed by atoms with Gasteiger partial charge >= 0.3 is 0 Å². The normalized spacial score (nSPS) is 10.3. The van der Waals surface area contributed by atoms with Gasteiger partial charge in [-0.3, -0.25) is 10.1 Å². The Bertz CT molecular complexity index is 596. The van der Waals surface area contributed by atoms with Crippen LogP contribution in [-0.4, -0.2) is 11.5 Å². The number of non-ortho nitro benzene ring substituents is 1. The van der Waals surface area contributed by atoms with Gasteiger partial charge in [0.1, 0.15) is 5.75 Å². The van der Waals surface area contributed by atoms with Gasteiger partial charge in [-0.05, 0) is 18.1 Å². The molecule has 0 aliphatic carbocycles. The van der Waals surface area contributed by atoms with Crippen molar-refractivity contribution in [1.29, 1.82) is 0 Å². The molecule has 0 aromatic heterocycles. The molecule has 21 heavy (non-hydrogen) atoms. The Hall–Kier alpha value is -2.36. The first-order valence-electron chi connectivity index (χ1n) is 7.19. The summed E-state index contributed by atoms with van der Waals surface area (Å²) in [6.07, 6.45) is 3.24. The van der Waals surface area contributed by atoms with Crippen molar-refractivity contribution < 1.29 is 9.66 Å². The van der Waals surface area contributed by atoms with E-state index >= 15 is 0 Å². The van der Waals surface area contributed by atoms with Crippen LogP contribution in [0.4, 0.5) is 5.69 Å². The molecule has 0 heterocycles. The van der Waals surface area contributed by atoms with E-state index in [-0.39, 0.29) is 10.6 Å². The number of hydrogen-bond donors (Lipinski definition) is 0. The molecule has 0 spiro atoms. The van der Waals surface area contributed by atoms with Gasteiger partial charge in [-0.2, -0.15) is 0 Å². The molecule has 0 aliphatic rings. The van der Waals surface area contributed by atoms with E-state index in [0.717, 1.165) is 30.4 Å². The van der Waals surface area contributed by atoms with E-state index in [9.17, 15) is 10.1 Å². The standard InChI is InChI=1S/C17H19NO3/c1-2-3-7-12-21-17-11-10-15(18(19)20)13-16(17)14-8-5-4-6-9-14/h4-6,8-11,13H,2-3,7,12H2,1H3. The molecule has 4 heteroatoms. The largest absolute Gasteiger partial charge is 0.493 e. The molecule has 0 radical (unpaired) electrons. The van der Waals surface area contributed by atoms with Gasteiger partial charge in [0.25, 0.3) is 5.69 Å². The molecule has 0 atom stereocenters. The van der Waals surface area contributed by atoms with Gasteiger partial charge in [-0.15, -0.1) is 0 Å². The summed E-state index contributed by atoms with van der Waals surface area (Å²) in [5, 5.41) is 11.0. The highest BCUT2D eigenvalue weighted by atomic mass is 16.6. The van der Waals surface area contributed by atoms with E-state index in [0.29, 0.717) is 12.4 Å². The molecule has 2 aromatic rings. The van der Waals surface area contributed by atoms with Gasteiger partial charge in [0.15, 0.2) is 0 Å². The minimum absolute atomic E-state index is 0.0785. The highest BCUT2D eigenvalue weighted by Crippen LogP contribution is 2.33. The van der Waals surface area contributed by atoms with Crippen LogP contribution in [0.1, 0.15) is 26.2 Å². The summed E-state index contributed by atoms with van der Waals surface area (Å²) in [5.74, 6) is 0.697. The van der Waals surface area contributed by atoms with Crippen molar-refractivity contribution >= 4 is 5.69 Å². The number of unbranched alkanes of at least 4 members (excludes halogenated alkanes) is 2. The minimum Gasteiger partial charge on any atom is -0.493 e. The molecule has 0 unspecified atom stereocenters. The zero-order chi connectivity index (χ0) is 15.1. The van der Waals surface area contributed by atoms with Crippen molar-refractivity contribution in [2.45, 2.75) is 26.2 Å². The number of nitrogens with zero attached hydrogens (tertiary/aromatic N) is 1. The summed E-state index contributed by atoms with van der Waals surface area (Å²) in [5.41, 5.74) is 1.77. The maximum atomic E-state index is 11.0. The van der Waals surface area contributed by atoms with Crippen LogP contribution in [0.5, 0.6) is 5.75 Å².